The summed E-state index contributed by atoms with van der Waals surface area (Å²) in [5, 5.41) is 6.15. The van der Waals surface area contributed by atoms with Crippen LogP contribution in [0.25, 0.3) is 21.8 Å². The lowest BCUT2D eigenvalue weighted by atomic mass is 10.1. The van der Waals surface area contributed by atoms with E-state index in [0.29, 0.717) is 10.7 Å². The monoisotopic (exact) mass is 458 g/mol. The van der Waals surface area contributed by atoms with Gasteiger partial charge in [0.2, 0.25) is 0 Å². The third kappa shape index (κ3) is 4.95. The molecule has 8 heteroatoms. The third-order valence-electron chi connectivity index (χ3n) is 4.51. The Hall–Kier alpha value is -3.16. The number of nitrogens with one attached hydrogen (secondary N) is 1. The van der Waals surface area contributed by atoms with Gasteiger partial charge < -0.3 is 5.32 Å². The second-order valence-corrected chi connectivity index (χ2v) is 7.95. The summed E-state index contributed by atoms with van der Waals surface area (Å²) in [6.45, 7) is 0. The largest absolute Gasteiger partial charge is 0.416 e. The van der Waals surface area contributed by atoms with Crippen molar-refractivity contribution in [2.75, 3.05) is 5.32 Å². The molecule has 0 unspecified atom stereocenters. The van der Waals surface area contributed by atoms with Gasteiger partial charge in [-0.15, -0.1) is 11.3 Å². The van der Waals surface area contributed by atoms with Crippen LogP contribution in [0, 0.1) is 0 Å². The Kier molecular flexibility index (Phi) is 5.80. The lowest BCUT2D eigenvalue weighted by molar-refractivity contribution is -0.137. The number of rotatable bonds is 4. The van der Waals surface area contributed by atoms with Crippen LogP contribution < -0.4 is 5.32 Å². The van der Waals surface area contributed by atoms with Crippen LogP contribution in [0.2, 0.25) is 5.02 Å². The molecule has 156 valence electrons. The molecule has 1 heterocycles. The minimum absolute atomic E-state index is 0.143. The Labute approximate surface area is 185 Å². The lowest BCUT2D eigenvalue weighted by Gasteiger charge is -2.09. The van der Waals surface area contributed by atoms with Crippen molar-refractivity contribution in [2.45, 2.75) is 6.18 Å². The van der Waals surface area contributed by atoms with Gasteiger partial charge in [0.15, 0.2) is 0 Å². The molecule has 0 radical (unpaired) electrons. The van der Waals surface area contributed by atoms with E-state index >= 15 is 0 Å². The van der Waals surface area contributed by atoms with Gasteiger partial charge in [-0.3, -0.25) is 4.79 Å². The normalized spacial score (nSPS) is 11.4. The molecule has 31 heavy (non-hydrogen) atoms. The smallest absolute Gasteiger partial charge is 0.322 e. The Bertz CT molecular complexity index is 1200. The molecule has 0 saturated carbocycles. The second-order valence-electron chi connectivity index (χ2n) is 6.65. The number of amides is 1. The van der Waals surface area contributed by atoms with Crippen molar-refractivity contribution in [3.05, 3.63) is 94.3 Å². The maximum absolute atomic E-state index is 12.6. The molecule has 0 bridgehead atoms. The number of aromatic nitrogens is 1. The van der Waals surface area contributed by atoms with Crippen LogP contribution in [0.15, 0.2) is 78.2 Å². The average molecular weight is 459 g/mol. The maximum atomic E-state index is 12.6. The number of nitrogens with zero attached hydrogens (tertiary/aromatic N) is 1. The van der Waals surface area contributed by atoms with Crippen molar-refractivity contribution < 1.29 is 18.0 Å². The molecule has 0 fully saturated rings. The quantitative estimate of drug-likeness (QED) is 0.346. The number of carbonyl (C=O) groups is 1. The maximum Gasteiger partial charge on any atom is 0.416 e. The van der Waals surface area contributed by atoms with Crippen LogP contribution >= 0.6 is 22.9 Å². The van der Waals surface area contributed by atoms with E-state index in [2.05, 4.69) is 10.3 Å². The number of halogens is 4. The van der Waals surface area contributed by atoms with Gasteiger partial charge >= 0.3 is 6.18 Å². The molecule has 0 aliphatic rings. The molecular weight excluding hydrogens is 445 g/mol. The molecule has 1 N–H and O–H groups in total. The summed E-state index contributed by atoms with van der Waals surface area (Å²) in [6, 6.07) is 18.6. The van der Waals surface area contributed by atoms with Crippen molar-refractivity contribution in [1.29, 1.82) is 0 Å². The summed E-state index contributed by atoms with van der Waals surface area (Å²) in [5.74, 6) is -0.486. The van der Waals surface area contributed by atoms with Gasteiger partial charge in [0.05, 0.1) is 11.3 Å². The molecule has 0 spiro atoms. The highest BCUT2D eigenvalue weighted by atomic mass is 35.5. The van der Waals surface area contributed by atoms with Crippen LogP contribution in [0.4, 0.5) is 18.9 Å². The molecular formula is C23H14ClF3N2OS. The van der Waals surface area contributed by atoms with Gasteiger partial charge in [-0.2, -0.15) is 13.2 Å². The van der Waals surface area contributed by atoms with E-state index in [0.717, 1.165) is 46.1 Å². The first-order valence-corrected chi connectivity index (χ1v) is 10.4. The van der Waals surface area contributed by atoms with E-state index < -0.39 is 17.6 Å². The van der Waals surface area contributed by atoms with Gasteiger partial charge in [-0.25, -0.2) is 4.98 Å². The molecule has 3 nitrogen and oxygen atoms in total. The first-order chi connectivity index (χ1) is 14.8. The van der Waals surface area contributed by atoms with Crippen molar-refractivity contribution >= 4 is 34.5 Å². The van der Waals surface area contributed by atoms with Gasteiger partial charge in [0.1, 0.15) is 5.01 Å². The van der Waals surface area contributed by atoms with Crippen LogP contribution in [-0.2, 0) is 6.18 Å². The molecule has 4 rings (SSSR count). The molecule has 3 aromatic carbocycles. The molecule has 1 aromatic heterocycles. The predicted octanol–water partition coefficient (Wildman–Crippen LogP) is 7.40. The lowest BCUT2D eigenvalue weighted by Crippen LogP contribution is -2.12. The van der Waals surface area contributed by atoms with Gasteiger partial charge in [-0.1, -0.05) is 35.9 Å². The Morgan fingerprint density at radius 1 is 0.871 bits per heavy atom. The second kappa shape index (κ2) is 8.53. The predicted molar refractivity (Wildman–Crippen MR) is 117 cm³/mol. The Morgan fingerprint density at radius 3 is 2.10 bits per heavy atom. The molecule has 4 aromatic rings. The van der Waals surface area contributed by atoms with Crippen molar-refractivity contribution in [1.82, 2.24) is 4.98 Å². The van der Waals surface area contributed by atoms with Crippen molar-refractivity contribution in [3.63, 3.8) is 0 Å². The topological polar surface area (TPSA) is 42.0 Å². The summed E-state index contributed by atoms with van der Waals surface area (Å²) >= 11 is 7.44. The SMILES string of the molecule is O=C(Nc1ccc(-c2csc(-c3ccc(Cl)cc3)n2)cc1)c1ccc(C(F)(F)F)cc1. The fourth-order valence-corrected chi connectivity index (χ4v) is 3.83. The van der Waals surface area contributed by atoms with Crippen LogP contribution in [-0.4, -0.2) is 10.9 Å². The molecule has 0 aliphatic heterocycles. The first kappa shape index (κ1) is 21.1. The summed E-state index contributed by atoms with van der Waals surface area (Å²) < 4.78 is 37.9. The molecule has 0 aliphatic carbocycles. The number of carbonyl (C=O) groups excluding carboxylic acids is 1. The van der Waals surface area contributed by atoms with E-state index in [4.69, 9.17) is 11.6 Å². The van der Waals surface area contributed by atoms with E-state index in [1.807, 2.05) is 41.8 Å². The number of benzene rings is 3. The highest BCUT2D eigenvalue weighted by Crippen LogP contribution is 2.31. The standard InChI is InChI=1S/C23H14ClF3N2OS/c24-18-9-3-16(4-10-18)22-29-20(13-31-22)14-5-11-19(12-6-14)28-21(30)15-1-7-17(8-2-15)23(25,26)27/h1-13H,(H,28,30). The minimum atomic E-state index is -4.44. The summed E-state index contributed by atoms with van der Waals surface area (Å²) in [6.07, 6.45) is -4.44. The molecule has 0 atom stereocenters. The Morgan fingerprint density at radius 2 is 1.48 bits per heavy atom. The van der Waals surface area contributed by atoms with Gasteiger partial charge in [-0.05, 0) is 48.5 Å². The molecule has 1 amide bonds. The van der Waals surface area contributed by atoms with Crippen molar-refractivity contribution in [2.24, 2.45) is 0 Å². The van der Waals surface area contributed by atoms with E-state index in [9.17, 15) is 18.0 Å². The zero-order valence-corrected chi connectivity index (χ0v) is 17.4. The number of alkyl halides is 3. The number of hydrogen-bond donors (Lipinski definition) is 1. The first-order valence-electron chi connectivity index (χ1n) is 9.10. The Balaban J connectivity index is 1.45. The van der Waals surface area contributed by atoms with Crippen LogP contribution in [0.1, 0.15) is 15.9 Å². The number of thiazole rings is 1. The van der Waals surface area contributed by atoms with E-state index in [1.54, 1.807) is 12.1 Å². The molecule has 0 saturated heterocycles. The van der Waals surface area contributed by atoms with Crippen LogP contribution in [0.5, 0.6) is 0 Å². The summed E-state index contributed by atoms with van der Waals surface area (Å²) in [7, 11) is 0. The summed E-state index contributed by atoms with van der Waals surface area (Å²) in [4.78, 5) is 16.9. The fourth-order valence-electron chi connectivity index (χ4n) is 2.87. The fraction of sp³-hybridized carbons (Fsp3) is 0.0435. The average Bonchev–Trinajstić information content (AvgIpc) is 3.24. The zero-order chi connectivity index (χ0) is 22.0. The number of anilines is 1. The summed E-state index contributed by atoms with van der Waals surface area (Å²) in [5.41, 5.74) is 2.53. The van der Waals surface area contributed by atoms with Gasteiger partial charge in [0.25, 0.3) is 5.91 Å². The minimum Gasteiger partial charge on any atom is -0.322 e. The van der Waals surface area contributed by atoms with E-state index in [1.165, 1.54) is 11.3 Å². The highest BCUT2D eigenvalue weighted by Gasteiger charge is 2.30. The van der Waals surface area contributed by atoms with E-state index in [-0.39, 0.29) is 5.56 Å². The van der Waals surface area contributed by atoms with Gasteiger partial charge in [0, 0.05) is 32.8 Å². The zero-order valence-electron chi connectivity index (χ0n) is 15.8. The number of hydrogen-bond acceptors (Lipinski definition) is 3. The van der Waals surface area contributed by atoms with Crippen LogP contribution in [0.3, 0.4) is 0 Å². The van der Waals surface area contributed by atoms with Crippen molar-refractivity contribution in [3.8, 4) is 21.8 Å². The third-order valence-corrected chi connectivity index (χ3v) is 5.65. The highest BCUT2D eigenvalue weighted by molar-refractivity contribution is 7.13.